The van der Waals surface area contributed by atoms with E-state index in [0.29, 0.717) is 24.5 Å². The fraction of sp³-hybridized carbons (Fsp3) is 0.500. The van der Waals surface area contributed by atoms with Crippen LogP contribution < -0.4 is 14.4 Å². The van der Waals surface area contributed by atoms with Crippen molar-refractivity contribution in [2.75, 3.05) is 17.2 Å². The van der Waals surface area contributed by atoms with Crippen LogP contribution in [0.1, 0.15) is 69.2 Å². The smallest absolute Gasteiger partial charge is 0.244 e. The molecule has 0 fully saturated rings. The minimum Gasteiger partial charge on any atom is -0.494 e. The van der Waals surface area contributed by atoms with E-state index in [9.17, 15) is 13.2 Å². The SMILES string of the molecule is CCOc1ccc(N(C(CC)C(=O)NC(CC)c2ccc3c(c2)CCCC3)S(C)(=O)=O)cc1. The lowest BCUT2D eigenvalue weighted by molar-refractivity contribution is -0.123. The second kappa shape index (κ2) is 11.1. The Kier molecular flexibility index (Phi) is 8.40. The Labute approximate surface area is 198 Å². The van der Waals surface area contributed by atoms with Crippen molar-refractivity contribution in [3.8, 4) is 5.75 Å². The third kappa shape index (κ3) is 6.08. The van der Waals surface area contributed by atoms with Crippen LogP contribution in [0.15, 0.2) is 42.5 Å². The van der Waals surface area contributed by atoms with Gasteiger partial charge in [0.1, 0.15) is 11.8 Å². The Hall–Kier alpha value is -2.54. The molecule has 0 heterocycles. The summed E-state index contributed by atoms with van der Waals surface area (Å²) in [6.45, 7) is 6.28. The Morgan fingerprint density at radius 3 is 2.24 bits per heavy atom. The largest absolute Gasteiger partial charge is 0.494 e. The zero-order valence-corrected chi connectivity index (χ0v) is 21.0. The molecule has 3 rings (SSSR count). The molecular weight excluding hydrogens is 436 g/mol. The van der Waals surface area contributed by atoms with E-state index in [2.05, 4.69) is 23.5 Å². The van der Waals surface area contributed by atoms with Crippen molar-refractivity contribution in [2.24, 2.45) is 0 Å². The van der Waals surface area contributed by atoms with Crippen LogP contribution in [-0.2, 0) is 27.7 Å². The number of aryl methyl sites for hydroxylation is 2. The number of nitrogens with zero attached hydrogens (tertiary/aromatic N) is 1. The fourth-order valence-corrected chi connectivity index (χ4v) is 5.79. The Morgan fingerprint density at radius 1 is 1.00 bits per heavy atom. The van der Waals surface area contributed by atoms with Gasteiger partial charge in [-0.05, 0) is 86.4 Å². The van der Waals surface area contributed by atoms with Gasteiger partial charge in [-0.1, -0.05) is 32.0 Å². The van der Waals surface area contributed by atoms with Crippen LogP contribution in [0, 0.1) is 0 Å². The highest BCUT2D eigenvalue weighted by molar-refractivity contribution is 7.92. The van der Waals surface area contributed by atoms with E-state index in [0.717, 1.165) is 31.1 Å². The monoisotopic (exact) mass is 472 g/mol. The second-order valence-corrected chi connectivity index (χ2v) is 10.5. The first-order valence-corrected chi connectivity index (χ1v) is 13.8. The molecule has 2 aromatic rings. The van der Waals surface area contributed by atoms with Gasteiger partial charge in [0.2, 0.25) is 15.9 Å². The number of hydrogen-bond donors (Lipinski definition) is 1. The lowest BCUT2D eigenvalue weighted by Gasteiger charge is -2.31. The van der Waals surface area contributed by atoms with E-state index in [1.165, 1.54) is 28.3 Å². The minimum atomic E-state index is -3.69. The number of sulfonamides is 1. The molecule has 2 unspecified atom stereocenters. The number of carbonyl (C=O) groups is 1. The van der Waals surface area contributed by atoms with Crippen LogP contribution in [0.4, 0.5) is 5.69 Å². The summed E-state index contributed by atoms with van der Waals surface area (Å²) in [4.78, 5) is 13.4. The first kappa shape index (κ1) is 25.1. The van der Waals surface area contributed by atoms with Gasteiger partial charge in [-0.2, -0.15) is 0 Å². The summed E-state index contributed by atoms with van der Waals surface area (Å²) >= 11 is 0. The highest BCUT2D eigenvalue weighted by atomic mass is 32.2. The highest BCUT2D eigenvalue weighted by Gasteiger charge is 2.32. The van der Waals surface area contributed by atoms with Gasteiger partial charge >= 0.3 is 0 Å². The van der Waals surface area contributed by atoms with Crippen molar-refractivity contribution in [1.29, 1.82) is 0 Å². The topological polar surface area (TPSA) is 75.7 Å². The maximum absolute atomic E-state index is 13.4. The van der Waals surface area contributed by atoms with Crippen molar-refractivity contribution in [3.05, 3.63) is 59.2 Å². The van der Waals surface area contributed by atoms with Gasteiger partial charge in [-0.15, -0.1) is 0 Å². The predicted molar refractivity (Wildman–Crippen MR) is 133 cm³/mol. The molecule has 0 spiro atoms. The maximum Gasteiger partial charge on any atom is 0.244 e. The molecule has 2 aromatic carbocycles. The molecule has 180 valence electrons. The van der Waals surface area contributed by atoms with E-state index < -0.39 is 16.1 Å². The van der Waals surface area contributed by atoms with Crippen molar-refractivity contribution >= 4 is 21.6 Å². The summed E-state index contributed by atoms with van der Waals surface area (Å²) in [5, 5.41) is 3.13. The highest BCUT2D eigenvalue weighted by Crippen LogP contribution is 2.28. The van der Waals surface area contributed by atoms with Crippen LogP contribution in [0.25, 0.3) is 0 Å². The van der Waals surface area contributed by atoms with Crippen molar-refractivity contribution in [1.82, 2.24) is 5.32 Å². The number of ether oxygens (including phenoxy) is 1. The summed E-state index contributed by atoms with van der Waals surface area (Å²) in [6.07, 6.45) is 6.83. The molecule has 7 heteroatoms. The molecule has 1 amide bonds. The van der Waals surface area contributed by atoms with Crippen LogP contribution in [0.3, 0.4) is 0 Å². The Bertz CT molecular complexity index is 1050. The van der Waals surface area contributed by atoms with E-state index in [-0.39, 0.29) is 11.9 Å². The summed E-state index contributed by atoms with van der Waals surface area (Å²) in [5.74, 6) is 0.368. The normalized spacial score (nSPS) is 15.3. The van der Waals surface area contributed by atoms with Gasteiger partial charge < -0.3 is 10.1 Å². The van der Waals surface area contributed by atoms with Crippen LogP contribution >= 0.6 is 0 Å². The molecule has 1 N–H and O–H groups in total. The third-order valence-corrected chi connectivity index (χ3v) is 7.41. The third-order valence-electron chi connectivity index (χ3n) is 6.23. The minimum absolute atomic E-state index is 0.166. The predicted octanol–water partition coefficient (Wildman–Crippen LogP) is 4.78. The van der Waals surface area contributed by atoms with Gasteiger partial charge in [0.05, 0.1) is 24.6 Å². The molecule has 1 aliphatic carbocycles. The van der Waals surface area contributed by atoms with E-state index >= 15 is 0 Å². The Morgan fingerprint density at radius 2 is 1.67 bits per heavy atom. The summed E-state index contributed by atoms with van der Waals surface area (Å²) in [6, 6.07) is 12.3. The summed E-state index contributed by atoms with van der Waals surface area (Å²) < 4.78 is 32.2. The fourth-order valence-electron chi connectivity index (χ4n) is 4.58. The quantitative estimate of drug-likeness (QED) is 0.540. The van der Waals surface area contributed by atoms with Crippen molar-refractivity contribution < 1.29 is 17.9 Å². The first-order chi connectivity index (χ1) is 15.8. The van der Waals surface area contributed by atoms with Crippen molar-refractivity contribution in [3.63, 3.8) is 0 Å². The lowest BCUT2D eigenvalue weighted by atomic mass is 9.88. The molecule has 0 bridgehead atoms. The average molecular weight is 473 g/mol. The average Bonchev–Trinajstić information content (AvgIpc) is 2.80. The summed E-state index contributed by atoms with van der Waals surface area (Å²) in [5.41, 5.74) is 4.29. The number of hydrogen-bond acceptors (Lipinski definition) is 4. The number of amides is 1. The number of nitrogens with one attached hydrogen (secondary N) is 1. The molecule has 0 aliphatic heterocycles. The standard InChI is InChI=1S/C26H36N2O4S/c1-5-24(21-13-12-19-10-8-9-11-20(19)18-21)27-26(29)25(6-2)28(33(4,30)31)22-14-16-23(17-15-22)32-7-3/h12-18,24-25H,5-11H2,1-4H3,(H,27,29). The first-order valence-electron chi connectivity index (χ1n) is 11.9. The van der Waals surface area contributed by atoms with Crippen LogP contribution in [-0.4, -0.2) is 33.2 Å². The number of benzene rings is 2. The van der Waals surface area contributed by atoms with Gasteiger partial charge in [0, 0.05) is 0 Å². The van der Waals surface area contributed by atoms with Crippen molar-refractivity contribution in [2.45, 2.75) is 71.4 Å². The number of fused-ring (bicyclic) bond motifs is 1. The second-order valence-electron chi connectivity index (χ2n) is 8.61. The van der Waals surface area contributed by atoms with Gasteiger partial charge in [0.25, 0.3) is 0 Å². The van der Waals surface area contributed by atoms with E-state index in [1.54, 1.807) is 24.3 Å². The number of anilines is 1. The molecule has 0 aromatic heterocycles. The molecule has 0 saturated heterocycles. The molecular formula is C26H36N2O4S. The molecule has 0 saturated carbocycles. The van der Waals surface area contributed by atoms with E-state index in [4.69, 9.17) is 4.74 Å². The Balaban J connectivity index is 1.85. The van der Waals surface area contributed by atoms with Gasteiger partial charge in [-0.3, -0.25) is 9.10 Å². The van der Waals surface area contributed by atoms with Crippen LogP contribution in [0.5, 0.6) is 5.75 Å². The zero-order chi connectivity index (χ0) is 24.0. The maximum atomic E-state index is 13.4. The molecule has 6 nitrogen and oxygen atoms in total. The zero-order valence-electron chi connectivity index (χ0n) is 20.1. The molecule has 0 radical (unpaired) electrons. The molecule has 1 aliphatic rings. The van der Waals surface area contributed by atoms with E-state index in [1.807, 2.05) is 20.8 Å². The van der Waals surface area contributed by atoms with Crippen LogP contribution in [0.2, 0.25) is 0 Å². The summed E-state index contributed by atoms with van der Waals surface area (Å²) in [7, 11) is -3.69. The molecule has 2 atom stereocenters. The number of carbonyl (C=O) groups excluding carboxylic acids is 1. The molecule has 33 heavy (non-hydrogen) atoms. The number of rotatable bonds is 10. The van der Waals surface area contributed by atoms with Gasteiger partial charge in [-0.25, -0.2) is 8.42 Å². The van der Waals surface area contributed by atoms with Gasteiger partial charge in [0.15, 0.2) is 0 Å². The lowest BCUT2D eigenvalue weighted by Crippen LogP contribution is -2.50.